The van der Waals surface area contributed by atoms with Crippen molar-refractivity contribution in [2.24, 2.45) is 0 Å². The van der Waals surface area contributed by atoms with Crippen LogP contribution in [-0.4, -0.2) is 7.11 Å². The number of benzene rings is 2. The molecule has 100 valence electrons. The van der Waals surface area contributed by atoms with Crippen molar-refractivity contribution in [2.75, 3.05) is 12.8 Å². The number of aryl methyl sites for hydroxylation is 2. The number of rotatable bonds is 4. The lowest BCUT2D eigenvalue weighted by atomic mass is 10.1. The molecule has 3 heteroatoms. The van der Waals surface area contributed by atoms with Gasteiger partial charge in [0.1, 0.15) is 6.61 Å². The van der Waals surface area contributed by atoms with E-state index in [9.17, 15) is 0 Å². The zero-order valence-electron chi connectivity index (χ0n) is 11.6. The summed E-state index contributed by atoms with van der Waals surface area (Å²) in [7, 11) is 1.65. The molecule has 0 spiro atoms. The quantitative estimate of drug-likeness (QED) is 0.853. The molecule has 2 N–H and O–H groups in total. The molecule has 0 amide bonds. The summed E-state index contributed by atoms with van der Waals surface area (Å²) in [6, 6.07) is 11.7. The van der Waals surface area contributed by atoms with E-state index in [-0.39, 0.29) is 0 Å². The summed E-state index contributed by atoms with van der Waals surface area (Å²) in [6.45, 7) is 4.62. The van der Waals surface area contributed by atoms with Gasteiger partial charge in [-0.1, -0.05) is 12.1 Å². The molecule has 2 rings (SSSR count). The first-order chi connectivity index (χ1) is 9.10. The molecule has 2 aromatic carbocycles. The van der Waals surface area contributed by atoms with Crippen molar-refractivity contribution >= 4 is 5.69 Å². The fourth-order valence-electron chi connectivity index (χ4n) is 1.81. The van der Waals surface area contributed by atoms with Gasteiger partial charge in [-0.3, -0.25) is 0 Å². The molecule has 0 unspecified atom stereocenters. The van der Waals surface area contributed by atoms with Crippen LogP contribution in [0.4, 0.5) is 5.69 Å². The molecule has 19 heavy (non-hydrogen) atoms. The van der Waals surface area contributed by atoms with E-state index in [0.717, 1.165) is 22.7 Å². The van der Waals surface area contributed by atoms with E-state index in [0.29, 0.717) is 6.61 Å². The van der Waals surface area contributed by atoms with Crippen LogP contribution in [0.25, 0.3) is 0 Å². The van der Waals surface area contributed by atoms with E-state index in [4.69, 9.17) is 15.2 Å². The zero-order valence-corrected chi connectivity index (χ0v) is 11.6. The molecule has 0 saturated carbocycles. The van der Waals surface area contributed by atoms with Crippen LogP contribution in [0, 0.1) is 13.8 Å². The number of methoxy groups -OCH3 is 1. The Labute approximate surface area is 114 Å². The van der Waals surface area contributed by atoms with Crippen molar-refractivity contribution in [1.29, 1.82) is 0 Å². The monoisotopic (exact) mass is 257 g/mol. The standard InChI is InChI=1S/C16H19NO2/c1-11-8-15(18-3)16(9-12(11)2)19-10-13-4-6-14(17)7-5-13/h4-9H,10,17H2,1-3H3. The molecule has 0 radical (unpaired) electrons. The first-order valence-corrected chi connectivity index (χ1v) is 6.22. The van der Waals surface area contributed by atoms with Gasteiger partial charge < -0.3 is 15.2 Å². The van der Waals surface area contributed by atoms with E-state index < -0.39 is 0 Å². The lowest BCUT2D eigenvalue weighted by Gasteiger charge is -2.13. The van der Waals surface area contributed by atoms with Crippen molar-refractivity contribution in [2.45, 2.75) is 20.5 Å². The highest BCUT2D eigenvalue weighted by Crippen LogP contribution is 2.30. The van der Waals surface area contributed by atoms with Crippen molar-refractivity contribution < 1.29 is 9.47 Å². The number of ether oxygens (including phenoxy) is 2. The van der Waals surface area contributed by atoms with Gasteiger partial charge in [-0.2, -0.15) is 0 Å². The molecule has 2 aromatic rings. The molecular formula is C16H19NO2. The molecule has 0 aliphatic heterocycles. The van der Waals surface area contributed by atoms with E-state index in [1.54, 1.807) is 7.11 Å². The Morgan fingerprint density at radius 3 is 2.11 bits per heavy atom. The van der Waals surface area contributed by atoms with Crippen molar-refractivity contribution in [3.63, 3.8) is 0 Å². The molecule has 0 aliphatic carbocycles. The van der Waals surface area contributed by atoms with E-state index >= 15 is 0 Å². The second-order valence-electron chi connectivity index (χ2n) is 4.62. The largest absolute Gasteiger partial charge is 0.493 e. The lowest BCUT2D eigenvalue weighted by Crippen LogP contribution is -1.99. The Hall–Kier alpha value is -2.16. The Balaban J connectivity index is 2.14. The third kappa shape index (κ3) is 3.19. The first kappa shape index (κ1) is 13.3. The van der Waals surface area contributed by atoms with Crippen LogP contribution in [0.1, 0.15) is 16.7 Å². The minimum atomic E-state index is 0.499. The van der Waals surface area contributed by atoms with Gasteiger partial charge in [0.25, 0.3) is 0 Å². The highest BCUT2D eigenvalue weighted by molar-refractivity contribution is 5.46. The van der Waals surface area contributed by atoms with Gasteiger partial charge in [-0.25, -0.2) is 0 Å². The predicted octanol–water partition coefficient (Wildman–Crippen LogP) is 3.47. The Morgan fingerprint density at radius 2 is 1.53 bits per heavy atom. The van der Waals surface area contributed by atoms with Crippen LogP contribution in [0.5, 0.6) is 11.5 Å². The van der Waals surface area contributed by atoms with Crippen LogP contribution in [0.3, 0.4) is 0 Å². The van der Waals surface area contributed by atoms with Crippen molar-refractivity contribution in [3.05, 3.63) is 53.1 Å². The Kier molecular flexibility index (Phi) is 3.95. The molecule has 0 saturated heterocycles. The highest BCUT2D eigenvalue weighted by Gasteiger charge is 2.07. The zero-order chi connectivity index (χ0) is 13.8. The molecule has 0 bridgehead atoms. The highest BCUT2D eigenvalue weighted by atomic mass is 16.5. The van der Waals surface area contributed by atoms with Crippen molar-refractivity contribution in [1.82, 2.24) is 0 Å². The Morgan fingerprint density at radius 1 is 0.947 bits per heavy atom. The molecule has 0 aromatic heterocycles. The fraction of sp³-hybridized carbons (Fsp3) is 0.250. The molecule has 0 heterocycles. The van der Waals surface area contributed by atoms with E-state index in [1.165, 1.54) is 11.1 Å². The van der Waals surface area contributed by atoms with Crippen LogP contribution < -0.4 is 15.2 Å². The first-order valence-electron chi connectivity index (χ1n) is 6.22. The van der Waals surface area contributed by atoms with Gasteiger partial charge in [0.2, 0.25) is 0 Å². The fourth-order valence-corrected chi connectivity index (χ4v) is 1.81. The summed E-state index contributed by atoms with van der Waals surface area (Å²) in [6.07, 6.45) is 0. The number of nitrogens with two attached hydrogens (primary N) is 1. The smallest absolute Gasteiger partial charge is 0.161 e. The number of hydrogen-bond acceptors (Lipinski definition) is 3. The average molecular weight is 257 g/mol. The molecular weight excluding hydrogens is 238 g/mol. The second kappa shape index (κ2) is 5.65. The maximum absolute atomic E-state index is 5.82. The minimum absolute atomic E-state index is 0.499. The number of anilines is 1. The third-order valence-corrected chi connectivity index (χ3v) is 3.15. The summed E-state index contributed by atoms with van der Waals surface area (Å²) >= 11 is 0. The summed E-state index contributed by atoms with van der Waals surface area (Å²) in [4.78, 5) is 0. The van der Waals surface area contributed by atoms with Crippen LogP contribution in [0.2, 0.25) is 0 Å². The Bertz CT molecular complexity index is 562. The number of nitrogen functional groups attached to an aromatic ring is 1. The molecule has 3 nitrogen and oxygen atoms in total. The van der Waals surface area contributed by atoms with Gasteiger partial charge in [0.05, 0.1) is 7.11 Å². The third-order valence-electron chi connectivity index (χ3n) is 3.15. The van der Waals surface area contributed by atoms with Gasteiger partial charge in [0, 0.05) is 5.69 Å². The number of hydrogen-bond donors (Lipinski definition) is 1. The average Bonchev–Trinajstić information content (AvgIpc) is 2.41. The van der Waals surface area contributed by atoms with Crippen LogP contribution in [0.15, 0.2) is 36.4 Å². The normalized spacial score (nSPS) is 10.3. The van der Waals surface area contributed by atoms with Gasteiger partial charge in [-0.05, 0) is 54.8 Å². The summed E-state index contributed by atoms with van der Waals surface area (Å²) in [5.41, 5.74) is 9.87. The van der Waals surface area contributed by atoms with Crippen LogP contribution >= 0.6 is 0 Å². The molecule has 0 atom stereocenters. The predicted molar refractivity (Wildman–Crippen MR) is 77.7 cm³/mol. The molecule has 0 aliphatic rings. The maximum Gasteiger partial charge on any atom is 0.161 e. The topological polar surface area (TPSA) is 44.5 Å². The SMILES string of the molecule is COc1cc(C)c(C)cc1OCc1ccc(N)cc1. The lowest BCUT2D eigenvalue weighted by molar-refractivity contribution is 0.284. The summed E-state index contributed by atoms with van der Waals surface area (Å²) < 4.78 is 11.2. The van der Waals surface area contributed by atoms with E-state index in [2.05, 4.69) is 13.8 Å². The minimum Gasteiger partial charge on any atom is -0.493 e. The van der Waals surface area contributed by atoms with E-state index in [1.807, 2.05) is 36.4 Å². The molecule has 0 fully saturated rings. The van der Waals surface area contributed by atoms with Gasteiger partial charge in [0.15, 0.2) is 11.5 Å². The maximum atomic E-state index is 5.82. The van der Waals surface area contributed by atoms with Crippen LogP contribution in [-0.2, 0) is 6.61 Å². The second-order valence-corrected chi connectivity index (χ2v) is 4.62. The van der Waals surface area contributed by atoms with Gasteiger partial charge >= 0.3 is 0 Å². The summed E-state index contributed by atoms with van der Waals surface area (Å²) in [5, 5.41) is 0. The summed E-state index contributed by atoms with van der Waals surface area (Å²) in [5.74, 6) is 1.53. The van der Waals surface area contributed by atoms with Gasteiger partial charge in [-0.15, -0.1) is 0 Å². The van der Waals surface area contributed by atoms with Crippen molar-refractivity contribution in [3.8, 4) is 11.5 Å².